The normalized spacial score (nSPS) is 12.8. The maximum absolute atomic E-state index is 12.9. The number of benzene rings is 1. The average molecular weight is 343 g/mol. The summed E-state index contributed by atoms with van der Waals surface area (Å²) in [5.74, 6) is -1.75. The Balaban J connectivity index is 2.81. The zero-order valence-corrected chi connectivity index (χ0v) is 14.9. The molecule has 0 spiro atoms. The predicted molar refractivity (Wildman–Crippen MR) is 89.2 cm³/mol. The standard InChI is InChI=1S/C16H26NO5P/c1-4-12-17-15(23(19,21-5-2)22-6-3)16(18)20-13-14-10-8-7-9-11-14/h7-11,15,17H,4-6,12-13H2,1-3H3. The zero-order chi connectivity index (χ0) is 17.1. The van der Waals surface area contributed by atoms with Gasteiger partial charge in [0.25, 0.3) is 0 Å². The van der Waals surface area contributed by atoms with Crippen LogP contribution in [0.25, 0.3) is 0 Å². The molecular formula is C16H26NO5P. The van der Waals surface area contributed by atoms with Gasteiger partial charge in [-0.05, 0) is 32.4 Å². The van der Waals surface area contributed by atoms with Gasteiger partial charge in [-0.15, -0.1) is 0 Å². The van der Waals surface area contributed by atoms with Crippen molar-refractivity contribution in [3.05, 3.63) is 35.9 Å². The number of hydrogen-bond donors (Lipinski definition) is 1. The summed E-state index contributed by atoms with van der Waals surface area (Å²) in [4.78, 5) is 12.4. The molecule has 1 aromatic carbocycles. The molecule has 7 heteroatoms. The van der Waals surface area contributed by atoms with E-state index in [1.54, 1.807) is 13.8 Å². The van der Waals surface area contributed by atoms with Crippen molar-refractivity contribution in [3.63, 3.8) is 0 Å². The Morgan fingerprint density at radius 2 is 1.74 bits per heavy atom. The summed E-state index contributed by atoms with van der Waals surface area (Å²) in [5, 5.41) is 2.93. The van der Waals surface area contributed by atoms with Crippen molar-refractivity contribution in [2.75, 3.05) is 19.8 Å². The molecule has 0 saturated heterocycles. The fourth-order valence-corrected chi connectivity index (χ4v) is 3.74. The van der Waals surface area contributed by atoms with Crippen LogP contribution in [0.15, 0.2) is 30.3 Å². The van der Waals surface area contributed by atoms with Crippen molar-refractivity contribution in [2.24, 2.45) is 0 Å². The molecule has 6 nitrogen and oxygen atoms in total. The van der Waals surface area contributed by atoms with Crippen LogP contribution in [0.5, 0.6) is 0 Å². The number of nitrogens with one attached hydrogen (secondary N) is 1. The van der Waals surface area contributed by atoms with Crippen LogP contribution in [-0.4, -0.2) is 31.5 Å². The summed E-state index contributed by atoms with van der Waals surface area (Å²) < 4.78 is 28.7. The first kappa shape index (κ1) is 19.8. The molecule has 1 rings (SSSR count). The highest BCUT2D eigenvalue weighted by atomic mass is 31.2. The molecular weight excluding hydrogens is 317 g/mol. The van der Waals surface area contributed by atoms with Crippen molar-refractivity contribution in [1.29, 1.82) is 0 Å². The van der Waals surface area contributed by atoms with E-state index in [2.05, 4.69) is 5.32 Å². The predicted octanol–water partition coefficient (Wildman–Crippen LogP) is 3.32. The Morgan fingerprint density at radius 1 is 1.13 bits per heavy atom. The molecule has 1 aromatic rings. The van der Waals surface area contributed by atoms with Gasteiger partial charge in [-0.25, -0.2) is 4.79 Å². The topological polar surface area (TPSA) is 73.9 Å². The number of carbonyl (C=O) groups is 1. The first-order valence-electron chi connectivity index (χ1n) is 7.90. The lowest BCUT2D eigenvalue weighted by Crippen LogP contribution is -2.39. The van der Waals surface area contributed by atoms with Gasteiger partial charge in [0.05, 0.1) is 13.2 Å². The van der Waals surface area contributed by atoms with Crippen molar-refractivity contribution in [3.8, 4) is 0 Å². The smallest absolute Gasteiger partial charge is 0.358 e. The molecule has 0 aliphatic carbocycles. The first-order valence-corrected chi connectivity index (χ1v) is 9.51. The Morgan fingerprint density at radius 3 is 2.26 bits per heavy atom. The van der Waals surface area contributed by atoms with Gasteiger partial charge < -0.3 is 13.8 Å². The Hall–Kier alpha value is -1.20. The Labute approximate surface area is 138 Å². The molecule has 0 fully saturated rings. The lowest BCUT2D eigenvalue weighted by atomic mass is 10.2. The third kappa shape index (κ3) is 6.43. The minimum absolute atomic E-state index is 0.113. The molecule has 130 valence electrons. The van der Waals surface area contributed by atoms with Gasteiger partial charge in [-0.1, -0.05) is 37.3 Å². The fraction of sp³-hybridized carbons (Fsp3) is 0.562. The number of rotatable bonds is 11. The summed E-state index contributed by atoms with van der Waals surface area (Å²) >= 11 is 0. The van der Waals surface area contributed by atoms with E-state index >= 15 is 0 Å². The summed E-state index contributed by atoms with van der Waals surface area (Å²) in [6.07, 6.45) is 0.778. The van der Waals surface area contributed by atoms with Crippen molar-refractivity contribution >= 4 is 13.6 Å². The second-order valence-corrected chi connectivity index (χ2v) is 6.94. The van der Waals surface area contributed by atoms with Gasteiger partial charge in [0.1, 0.15) is 6.61 Å². The minimum Gasteiger partial charge on any atom is -0.459 e. The van der Waals surface area contributed by atoms with E-state index < -0.39 is 19.3 Å². The Bertz CT molecular complexity index is 498. The van der Waals surface area contributed by atoms with Gasteiger partial charge in [0, 0.05) is 0 Å². The van der Waals surface area contributed by atoms with Gasteiger partial charge in [-0.2, -0.15) is 0 Å². The van der Waals surface area contributed by atoms with E-state index in [0.717, 1.165) is 12.0 Å². The van der Waals surface area contributed by atoms with E-state index in [1.807, 2.05) is 37.3 Å². The number of hydrogen-bond acceptors (Lipinski definition) is 6. The van der Waals surface area contributed by atoms with Crippen LogP contribution in [0.2, 0.25) is 0 Å². The van der Waals surface area contributed by atoms with E-state index in [9.17, 15) is 9.36 Å². The first-order chi connectivity index (χ1) is 11.1. The molecule has 0 bridgehead atoms. The maximum atomic E-state index is 12.9. The zero-order valence-electron chi connectivity index (χ0n) is 14.0. The molecule has 0 aliphatic heterocycles. The third-order valence-corrected chi connectivity index (χ3v) is 5.23. The molecule has 0 aliphatic rings. The lowest BCUT2D eigenvalue weighted by Gasteiger charge is -2.25. The molecule has 1 atom stereocenters. The van der Waals surface area contributed by atoms with Crippen LogP contribution in [-0.2, 0) is 29.8 Å². The van der Waals surface area contributed by atoms with E-state index in [4.69, 9.17) is 13.8 Å². The fourth-order valence-electron chi connectivity index (χ4n) is 1.96. The molecule has 1 unspecified atom stereocenters. The van der Waals surface area contributed by atoms with Gasteiger partial charge in [0.2, 0.25) is 5.78 Å². The minimum atomic E-state index is -3.62. The summed E-state index contributed by atoms with van der Waals surface area (Å²) in [5.41, 5.74) is 0.859. The third-order valence-electron chi connectivity index (χ3n) is 2.97. The Kier molecular flexibility index (Phi) is 9.10. The van der Waals surface area contributed by atoms with Gasteiger partial charge >= 0.3 is 13.6 Å². The maximum Gasteiger partial charge on any atom is 0.358 e. The van der Waals surface area contributed by atoms with Crippen molar-refractivity contribution in [2.45, 2.75) is 39.6 Å². The van der Waals surface area contributed by atoms with Crippen LogP contribution in [0, 0.1) is 0 Å². The quantitative estimate of drug-likeness (QED) is 0.491. The monoisotopic (exact) mass is 343 g/mol. The number of ether oxygens (including phenoxy) is 1. The molecule has 0 saturated carbocycles. The number of esters is 1. The molecule has 23 heavy (non-hydrogen) atoms. The SMILES string of the molecule is CCCNC(C(=O)OCc1ccccc1)P(=O)(OCC)OCC. The van der Waals surface area contributed by atoms with Crippen LogP contribution >= 0.6 is 7.60 Å². The molecule has 0 heterocycles. The number of carbonyl (C=O) groups excluding carboxylic acids is 1. The van der Waals surface area contributed by atoms with Crippen molar-refractivity contribution in [1.82, 2.24) is 5.32 Å². The second-order valence-electron chi connectivity index (χ2n) is 4.83. The molecule has 0 aromatic heterocycles. The highest BCUT2D eigenvalue weighted by Gasteiger charge is 2.42. The van der Waals surface area contributed by atoms with Crippen LogP contribution < -0.4 is 5.32 Å². The van der Waals surface area contributed by atoms with Crippen molar-refractivity contribution < 1.29 is 23.1 Å². The summed E-state index contributed by atoms with van der Waals surface area (Å²) in [6.45, 7) is 6.36. The van der Waals surface area contributed by atoms with Crippen LogP contribution in [0.4, 0.5) is 0 Å². The van der Waals surface area contributed by atoms with Crippen LogP contribution in [0.3, 0.4) is 0 Å². The van der Waals surface area contributed by atoms with E-state index in [0.29, 0.717) is 6.54 Å². The molecule has 0 amide bonds. The molecule has 1 N–H and O–H groups in total. The summed E-state index contributed by atoms with van der Waals surface area (Å²) in [7, 11) is -3.62. The van der Waals surface area contributed by atoms with E-state index in [1.165, 1.54) is 0 Å². The van der Waals surface area contributed by atoms with E-state index in [-0.39, 0.29) is 19.8 Å². The molecule has 0 radical (unpaired) electrons. The lowest BCUT2D eigenvalue weighted by molar-refractivity contribution is -0.145. The second kappa shape index (κ2) is 10.6. The largest absolute Gasteiger partial charge is 0.459 e. The highest BCUT2D eigenvalue weighted by molar-refractivity contribution is 7.55. The summed E-state index contributed by atoms with van der Waals surface area (Å²) in [6, 6.07) is 9.32. The van der Waals surface area contributed by atoms with Gasteiger partial charge in [-0.3, -0.25) is 9.88 Å². The average Bonchev–Trinajstić information content (AvgIpc) is 2.54. The highest BCUT2D eigenvalue weighted by Crippen LogP contribution is 2.52. The van der Waals surface area contributed by atoms with Gasteiger partial charge in [0.15, 0.2) is 0 Å². The van der Waals surface area contributed by atoms with Crippen LogP contribution in [0.1, 0.15) is 32.8 Å².